The topological polar surface area (TPSA) is 58.9 Å². The summed E-state index contributed by atoms with van der Waals surface area (Å²) in [5.74, 6) is 0.575. The zero-order chi connectivity index (χ0) is 17.7. The summed E-state index contributed by atoms with van der Waals surface area (Å²) in [7, 11) is 0. The molecule has 138 valence electrons. The number of hydrogen-bond acceptors (Lipinski definition) is 4. The molecule has 0 bridgehead atoms. The molecule has 2 saturated heterocycles. The molecule has 3 aliphatic rings. The fraction of sp³-hybridized carbons (Fsp3) is 0.600. The minimum atomic E-state index is 0.0956. The third-order valence-corrected chi connectivity index (χ3v) is 6.40. The van der Waals surface area contributed by atoms with Crippen LogP contribution in [-0.4, -0.2) is 58.1 Å². The highest BCUT2D eigenvalue weighted by atomic mass is 16.5. The van der Waals surface area contributed by atoms with E-state index in [1.807, 2.05) is 35.7 Å². The number of nitrogens with zero attached hydrogens (tertiary/aromatic N) is 3. The first-order chi connectivity index (χ1) is 12.7. The molecule has 0 aromatic carbocycles. The van der Waals surface area contributed by atoms with Crippen LogP contribution in [0.2, 0.25) is 0 Å². The monoisotopic (exact) mass is 354 g/mol. The largest absolute Gasteiger partial charge is 0.376 e. The van der Waals surface area contributed by atoms with Crippen molar-refractivity contribution in [3.8, 4) is 0 Å². The van der Waals surface area contributed by atoms with E-state index < -0.39 is 0 Å². The average molecular weight is 354 g/mol. The van der Waals surface area contributed by atoms with Gasteiger partial charge in [0.05, 0.1) is 36.0 Å². The number of aryl methyl sites for hydroxylation is 1. The Labute approximate surface area is 153 Å². The van der Waals surface area contributed by atoms with Crippen molar-refractivity contribution in [3.63, 3.8) is 0 Å². The third kappa shape index (κ3) is 2.55. The second-order valence-electron chi connectivity index (χ2n) is 7.86. The summed E-state index contributed by atoms with van der Waals surface area (Å²) in [4.78, 5) is 19.9. The van der Waals surface area contributed by atoms with E-state index in [2.05, 4.69) is 15.2 Å². The average Bonchev–Trinajstić information content (AvgIpc) is 3.35. The van der Waals surface area contributed by atoms with Gasteiger partial charge in [-0.05, 0) is 51.4 Å². The molecule has 2 aliphatic heterocycles. The van der Waals surface area contributed by atoms with Crippen LogP contribution in [0.25, 0.3) is 5.65 Å². The van der Waals surface area contributed by atoms with E-state index in [0.29, 0.717) is 24.5 Å². The molecular formula is C20H26N4O2. The molecule has 6 nitrogen and oxygen atoms in total. The van der Waals surface area contributed by atoms with Crippen LogP contribution in [0.4, 0.5) is 0 Å². The van der Waals surface area contributed by atoms with Crippen molar-refractivity contribution in [3.05, 3.63) is 35.8 Å². The number of hydrogen-bond donors (Lipinski definition) is 1. The molecule has 26 heavy (non-hydrogen) atoms. The molecule has 4 atom stereocenters. The Balaban J connectivity index is 1.32. The smallest absolute Gasteiger partial charge is 0.226 e. The number of likely N-dealkylation sites (tertiary alicyclic amines) is 1. The van der Waals surface area contributed by atoms with Crippen molar-refractivity contribution in [2.75, 3.05) is 19.7 Å². The Kier molecular flexibility index (Phi) is 3.98. The number of nitrogens with one attached hydrogen (secondary N) is 1. The van der Waals surface area contributed by atoms with Gasteiger partial charge < -0.3 is 14.5 Å². The first-order valence-electron chi connectivity index (χ1n) is 9.80. The van der Waals surface area contributed by atoms with E-state index in [1.54, 1.807) is 0 Å². The minimum absolute atomic E-state index is 0.0956. The molecule has 3 fully saturated rings. The van der Waals surface area contributed by atoms with E-state index in [4.69, 9.17) is 4.74 Å². The zero-order valence-corrected chi connectivity index (χ0v) is 15.2. The van der Waals surface area contributed by atoms with Crippen molar-refractivity contribution >= 4 is 11.6 Å². The Hall–Kier alpha value is -1.92. The van der Waals surface area contributed by atoms with Gasteiger partial charge in [-0.1, -0.05) is 6.07 Å². The molecule has 2 aromatic heterocycles. The van der Waals surface area contributed by atoms with E-state index in [9.17, 15) is 4.79 Å². The summed E-state index contributed by atoms with van der Waals surface area (Å²) in [5, 5.41) is 3.34. The van der Waals surface area contributed by atoms with Crippen LogP contribution in [-0.2, 0) is 16.0 Å². The normalized spacial score (nSPS) is 31.1. The highest BCUT2D eigenvalue weighted by Gasteiger charge is 2.56. The van der Waals surface area contributed by atoms with Crippen LogP contribution in [0.3, 0.4) is 0 Å². The predicted molar refractivity (Wildman–Crippen MR) is 98.0 cm³/mol. The molecule has 6 heteroatoms. The highest BCUT2D eigenvalue weighted by Crippen LogP contribution is 2.42. The van der Waals surface area contributed by atoms with Crippen molar-refractivity contribution in [1.29, 1.82) is 0 Å². The quantitative estimate of drug-likeness (QED) is 0.905. The number of pyridine rings is 1. The Morgan fingerprint density at radius 1 is 1.35 bits per heavy atom. The van der Waals surface area contributed by atoms with Gasteiger partial charge in [-0.15, -0.1) is 0 Å². The standard InChI is InChI=1S/C20H26N4O2/c1-13-15(24-10-3-2-6-16(24)21-13)12-17(25)22-18-14-7-11-26-20(14)19(18)23-8-4-5-9-23/h2-3,6,10,14,18-20H,4-5,7-9,11-12H2,1H3,(H,22,25)/t14-,18+,19-,20-/m1/s1. The lowest BCUT2D eigenvalue weighted by molar-refractivity contribution is -0.128. The van der Waals surface area contributed by atoms with Crippen LogP contribution in [0.5, 0.6) is 0 Å². The molecule has 1 amide bonds. The van der Waals surface area contributed by atoms with Gasteiger partial charge in [0.2, 0.25) is 5.91 Å². The van der Waals surface area contributed by atoms with Gasteiger partial charge in [0.15, 0.2) is 0 Å². The fourth-order valence-corrected chi connectivity index (χ4v) is 5.11. The van der Waals surface area contributed by atoms with Crippen molar-refractivity contribution in [2.24, 2.45) is 5.92 Å². The molecule has 1 aliphatic carbocycles. The number of rotatable bonds is 4. The molecule has 5 rings (SSSR count). The second kappa shape index (κ2) is 6.35. The maximum atomic E-state index is 12.8. The summed E-state index contributed by atoms with van der Waals surface area (Å²) in [6, 6.07) is 6.51. The lowest BCUT2D eigenvalue weighted by atomic mass is 9.70. The molecule has 1 N–H and O–H groups in total. The van der Waals surface area contributed by atoms with Crippen LogP contribution in [0.1, 0.15) is 30.7 Å². The summed E-state index contributed by atoms with van der Waals surface area (Å²) in [6.45, 7) is 5.08. The molecule has 2 aromatic rings. The second-order valence-corrected chi connectivity index (χ2v) is 7.86. The van der Waals surface area contributed by atoms with E-state index in [1.165, 1.54) is 12.8 Å². The maximum absolute atomic E-state index is 12.8. The number of fused-ring (bicyclic) bond motifs is 2. The van der Waals surface area contributed by atoms with Gasteiger partial charge in [-0.3, -0.25) is 9.69 Å². The molecule has 0 spiro atoms. The Morgan fingerprint density at radius 2 is 2.19 bits per heavy atom. The number of ether oxygens (including phenoxy) is 1. The Bertz CT molecular complexity index is 822. The zero-order valence-electron chi connectivity index (χ0n) is 15.2. The molecule has 4 heterocycles. The maximum Gasteiger partial charge on any atom is 0.226 e. The first-order valence-corrected chi connectivity index (χ1v) is 9.80. The lowest BCUT2D eigenvalue weighted by Gasteiger charge is -2.51. The van der Waals surface area contributed by atoms with E-state index >= 15 is 0 Å². The van der Waals surface area contributed by atoms with Gasteiger partial charge in [-0.25, -0.2) is 4.98 Å². The molecule has 0 radical (unpaired) electrons. The molecular weight excluding hydrogens is 328 g/mol. The van der Waals surface area contributed by atoms with Gasteiger partial charge in [0.25, 0.3) is 0 Å². The van der Waals surface area contributed by atoms with Crippen molar-refractivity contribution in [1.82, 2.24) is 19.6 Å². The van der Waals surface area contributed by atoms with Crippen LogP contribution >= 0.6 is 0 Å². The van der Waals surface area contributed by atoms with Crippen molar-refractivity contribution in [2.45, 2.75) is 50.8 Å². The van der Waals surface area contributed by atoms with Crippen molar-refractivity contribution < 1.29 is 9.53 Å². The first kappa shape index (κ1) is 16.3. The number of imidazole rings is 1. The number of carbonyl (C=O) groups is 1. The van der Waals surface area contributed by atoms with Crippen LogP contribution < -0.4 is 5.32 Å². The van der Waals surface area contributed by atoms with Gasteiger partial charge in [-0.2, -0.15) is 0 Å². The van der Waals surface area contributed by atoms with Gasteiger partial charge in [0, 0.05) is 18.7 Å². The van der Waals surface area contributed by atoms with E-state index in [0.717, 1.165) is 43.2 Å². The summed E-state index contributed by atoms with van der Waals surface area (Å²) < 4.78 is 7.99. The number of amides is 1. The lowest BCUT2D eigenvalue weighted by Crippen LogP contribution is -2.70. The number of aromatic nitrogens is 2. The summed E-state index contributed by atoms with van der Waals surface area (Å²) >= 11 is 0. The third-order valence-electron chi connectivity index (χ3n) is 6.40. The Morgan fingerprint density at radius 3 is 3.04 bits per heavy atom. The van der Waals surface area contributed by atoms with E-state index in [-0.39, 0.29) is 11.9 Å². The summed E-state index contributed by atoms with van der Waals surface area (Å²) in [5.41, 5.74) is 2.81. The SMILES string of the molecule is Cc1nc2ccccn2c1CC(=O)N[C@H]1[C@H]2CCO[C@H]2[C@@H]1N1CCCC1. The summed E-state index contributed by atoms with van der Waals surface area (Å²) in [6.07, 6.45) is 6.25. The minimum Gasteiger partial charge on any atom is -0.376 e. The fourth-order valence-electron chi connectivity index (χ4n) is 5.11. The van der Waals surface area contributed by atoms with Crippen LogP contribution in [0.15, 0.2) is 24.4 Å². The van der Waals surface area contributed by atoms with Crippen LogP contribution in [0, 0.1) is 12.8 Å². The predicted octanol–water partition coefficient (Wildman–Crippen LogP) is 1.55. The highest BCUT2D eigenvalue weighted by molar-refractivity contribution is 5.79. The van der Waals surface area contributed by atoms with Gasteiger partial charge in [0.1, 0.15) is 5.65 Å². The number of carbonyl (C=O) groups excluding carboxylic acids is 1. The van der Waals surface area contributed by atoms with Gasteiger partial charge >= 0.3 is 0 Å². The molecule has 1 saturated carbocycles. The molecule has 0 unspecified atom stereocenters.